The molecule has 1 saturated heterocycles. The third-order valence-corrected chi connectivity index (χ3v) is 5.76. The molecular weight excluding hydrogens is 420 g/mol. The van der Waals surface area contributed by atoms with Crippen LogP contribution < -0.4 is 9.47 Å². The Balaban J connectivity index is 1.50. The van der Waals surface area contributed by atoms with E-state index in [4.69, 9.17) is 18.9 Å². The lowest BCUT2D eigenvalue weighted by molar-refractivity contribution is -0.239. The Labute approximate surface area is 194 Å². The molecule has 0 aromatic heterocycles. The van der Waals surface area contributed by atoms with Crippen molar-refractivity contribution in [1.29, 1.82) is 0 Å². The highest BCUT2D eigenvalue weighted by Crippen LogP contribution is 2.35. The predicted molar refractivity (Wildman–Crippen MR) is 123 cm³/mol. The van der Waals surface area contributed by atoms with Gasteiger partial charge in [-0.2, -0.15) is 0 Å². The minimum Gasteiger partial charge on any atom is -0.493 e. The van der Waals surface area contributed by atoms with E-state index in [-0.39, 0.29) is 12.5 Å². The second-order valence-corrected chi connectivity index (χ2v) is 8.77. The van der Waals surface area contributed by atoms with E-state index in [1.165, 1.54) is 26.7 Å². The van der Waals surface area contributed by atoms with Gasteiger partial charge in [-0.3, -0.25) is 9.59 Å². The van der Waals surface area contributed by atoms with Gasteiger partial charge in [0.2, 0.25) is 0 Å². The molecule has 2 aliphatic rings. The average Bonchev–Trinajstić information content (AvgIpc) is 3.28. The van der Waals surface area contributed by atoms with Gasteiger partial charge in [0.25, 0.3) is 5.79 Å². The van der Waals surface area contributed by atoms with Crippen molar-refractivity contribution in [2.45, 2.75) is 57.8 Å². The van der Waals surface area contributed by atoms with Crippen LogP contribution in [-0.4, -0.2) is 30.9 Å². The highest BCUT2D eigenvalue weighted by atomic mass is 16.7. The van der Waals surface area contributed by atoms with Gasteiger partial charge in [0.15, 0.2) is 17.4 Å². The van der Waals surface area contributed by atoms with Crippen LogP contribution in [-0.2, 0) is 19.1 Å². The van der Waals surface area contributed by atoms with E-state index in [0.29, 0.717) is 0 Å². The van der Waals surface area contributed by atoms with Crippen LogP contribution in [0.25, 0.3) is 11.1 Å². The average molecular weight is 449 g/mol. The number of carbonyl (C=O) groups is 2. The van der Waals surface area contributed by atoms with Gasteiger partial charge in [-0.1, -0.05) is 30.0 Å². The topological polar surface area (TPSA) is 71.1 Å². The van der Waals surface area contributed by atoms with E-state index in [2.05, 4.69) is 11.8 Å². The fourth-order valence-corrected chi connectivity index (χ4v) is 4.08. The van der Waals surface area contributed by atoms with Crippen molar-refractivity contribution in [3.63, 3.8) is 0 Å². The summed E-state index contributed by atoms with van der Waals surface area (Å²) in [5, 5.41) is 0. The van der Waals surface area contributed by atoms with Crippen molar-refractivity contribution < 1.29 is 28.5 Å². The Bertz CT molecular complexity index is 1080. The molecule has 0 N–H and O–H groups in total. The minimum atomic E-state index is -1.23. The second-order valence-electron chi connectivity index (χ2n) is 8.77. The Morgan fingerprint density at radius 2 is 1.67 bits per heavy atom. The number of carbonyl (C=O) groups excluding carboxylic acids is 2. The molecule has 1 saturated carbocycles. The molecule has 172 valence electrons. The lowest BCUT2D eigenvalue weighted by atomic mass is 10.0. The van der Waals surface area contributed by atoms with Crippen LogP contribution in [0.15, 0.2) is 42.5 Å². The molecule has 1 aliphatic carbocycles. The fraction of sp³-hybridized carbons (Fsp3) is 0.407. The molecule has 2 aromatic carbocycles. The van der Waals surface area contributed by atoms with Crippen LogP contribution in [0.4, 0.5) is 0 Å². The highest BCUT2D eigenvalue weighted by molar-refractivity contribution is 5.97. The zero-order valence-electron chi connectivity index (χ0n) is 19.2. The number of ether oxygens (including phenoxy) is 4. The zero-order valence-corrected chi connectivity index (χ0v) is 19.2. The van der Waals surface area contributed by atoms with Crippen molar-refractivity contribution in [3.05, 3.63) is 48.0 Å². The molecule has 0 amide bonds. The van der Waals surface area contributed by atoms with Crippen molar-refractivity contribution in [1.82, 2.24) is 0 Å². The van der Waals surface area contributed by atoms with E-state index in [9.17, 15) is 9.59 Å². The van der Waals surface area contributed by atoms with E-state index in [1.807, 2.05) is 42.5 Å². The van der Waals surface area contributed by atoms with Gasteiger partial charge in [-0.25, -0.2) is 0 Å². The van der Waals surface area contributed by atoms with Crippen molar-refractivity contribution in [2.75, 3.05) is 7.11 Å². The molecule has 1 aliphatic heterocycles. The van der Waals surface area contributed by atoms with Gasteiger partial charge in [0, 0.05) is 25.8 Å². The van der Waals surface area contributed by atoms with Crippen LogP contribution in [0.3, 0.4) is 0 Å². The number of hydrogen-bond acceptors (Lipinski definition) is 6. The van der Waals surface area contributed by atoms with Gasteiger partial charge in [-0.15, -0.1) is 0 Å². The molecule has 4 rings (SSSR count). The van der Waals surface area contributed by atoms with Gasteiger partial charge in [0.05, 0.1) is 13.2 Å². The van der Waals surface area contributed by atoms with Gasteiger partial charge >= 0.3 is 11.9 Å². The van der Waals surface area contributed by atoms with Gasteiger partial charge < -0.3 is 18.9 Å². The van der Waals surface area contributed by atoms with Crippen LogP contribution in [0, 0.1) is 17.8 Å². The summed E-state index contributed by atoms with van der Waals surface area (Å²) in [4.78, 5) is 24.2. The molecule has 2 fully saturated rings. The first-order valence-electron chi connectivity index (χ1n) is 11.2. The third-order valence-electron chi connectivity index (χ3n) is 5.76. The summed E-state index contributed by atoms with van der Waals surface area (Å²) in [7, 11) is 1.64. The van der Waals surface area contributed by atoms with Crippen molar-refractivity contribution in [3.8, 4) is 34.5 Å². The lowest BCUT2D eigenvalue weighted by Gasteiger charge is -2.32. The fourth-order valence-electron chi connectivity index (χ4n) is 4.08. The molecule has 0 radical (unpaired) electrons. The number of hydrogen-bond donors (Lipinski definition) is 0. The number of rotatable bonds is 5. The molecule has 0 spiro atoms. The molecule has 0 bridgehead atoms. The summed E-state index contributed by atoms with van der Waals surface area (Å²) in [6.07, 6.45) is 4.80. The van der Waals surface area contributed by atoms with Crippen LogP contribution >= 0.6 is 0 Å². The van der Waals surface area contributed by atoms with E-state index < -0.39 is 23.6 Å². The molecule has 0 unspecified atom stereocenters. The maximum atomic E-state index is 12.1. The van der Waals surface area contributed by atoms with Gasteiger partial charge in [0.1, 0.15) is 0 Å². The molecule has 1 heterocycles. The molecular formula is C27H28O6. The largest absolute Gasteiger partial charge is 0.493 e. The number of methoxy groups -OCH3 is 1. The summed E-state index contributed by atoms with van der Waals surface area (Å²) < 4.78 is 22.0. The predicted octanol–water partition coefficient (Wildman–Crippen LogP) is 4.88. The maximum absolute atomic E-state index is 12.1. The monoisotopic (exact) mass is 448 g/mol. The lowest BCUT2D eigenvalue weighted by Crippen LogP contribution is -2.46. The standard InChI is InChI=1S/C27H28O6/c1-27(2)32-25(28)22(26(29)33-27)13-7-9-18-8-6-10-19(16-18)20-14-15-23(30-3)24(17-20)31-21-11-4-5-12-21/h6,8,10,14-17,21-22H,4-5,11-13H2,1-3H3. The smallest absolute Gasteiger partial charge is 0.324 e. The van der Waals surface area contributed by atoms with Crippen molar-refractivity contribution >= 4 is 11.9 Å². The SMILES string of the molecule is COc1ccc(-c2cccc(C#CCC3C(=O)OC(C)(C)OC3=O)c2)cc1OC1CCCC1. The highest BCUT2D eigenvalue weighted by Gasteiger charge is 2.42. The first kappa shape index (κ1) is 22.7. The summed E-state index contributed by atoms with van der Waals surface area (Å²) in [6.45, 7) is 3.05. The Kier molecular flexibility index (Phi) is 6.60. The minimum absolute atomic E-state index is 0.0416. The molecule has 0 atom stereocenters. The second kappa shape index (κ2) is 9.58. The maximum Gasteiger partial charge on any atom is 0.324 e. The van der Waals surface area contributed by atoms with Crippen LogP contribution in [0.2, 0.25) is 0 Å². The van der Waals surface area contributed by atoms with Gasteiger partial charge in [-0.05, 0) is 61.1 Å². The third kappa shape index (κ3) is 5.48. The Morgan fingerprint density at radius 1 is 0.970 bits per heavy atom. The first-order chi connectivity index (χ1) is 15.8. The van der Waals surface area contributed by atoms with Crippen LogP contribution in [0.5, 0.6) is 11.5 Å². The molecule has 2 aromatic rings. The van der Waals surface area contributed by atoms with Crippen LogP contribution in [0.1, 0.15) is 51.5 Å². The first-order valence-corrected chi connectivity index (χ1v) is 11.2. The zero-order chi connectivity index (χ0) is 23.4. The summed E-state index contributed by atoms with van der Waals surface area (Å²) >= 11 is 0. The number of benzene rings is 2. The van der Waals surface area contributed by atoms with E-state index >= 15 is 0 Å². The Morgan fingerprint density at radius 3 is 2.36 bits per heavy atom. The number of cyclic esters (lactones) is 2. The number of esters is 2. The molecule has 6 nitrogen and oxygen atoms in total. The quantitative estimate of drug-likeness (QED) is 0.369. The Hall–Kier alpha value is -3.46. The molecule has 6 heteroatoms. The normalized spacial score (nSPS) is 18.2. The van der Waals surface area contributed by atoms with E-state index in [1.54, 1.807) is 7.11 Å². The summed E-state index contributed by atoms with van der Waals surface area (Å²) in [6, 6.07) is 13.7. The summed E-state index contributed by atoms with van der Waals surface area (Å²) in [5.74, 6) is 3.96. The molecule has 33 heavy (non-hydrogen) atoms. The van der Waals surface area contributed by atoms with E-state index in [0.717, 1.165) is 41.0 Å². The van der Waals surface area contributed by atoms with Crippen molar-refractivity contribution in [2.24, 2.45) is 5.92 Å². The summed E-state index contributed by atoms with van der Waals surface area (Å²) in [5.41, 5.74) is 2.76.